The van der Waals surface area contributed by atoms with E-state index in [1.165, 1.54) is 5.56 Å². The highest BCUT2D eigenvalue weighted by molar-refractivity contribution is 7.89. The van der Waals surface area contributed by atoms with Crippen molar-refractivity contribution < 1.29 is 13.2 Å². The SMILES string of the molecule is Cc1ccc(NC(=O)CCc2ccc(S(=O)(=O)NC(C)C)cc2)cc1C. The van der Waals surface area contributed by atoms with E-state index in [0.717, 1.165) is 16.8 Å². The maximum atomic E-state index is 12.1. The third-order valence-corrected chi connectivity index (χ3v) is 5.73. The van der Waals surface area contributed by atoms with Gasteiger partial charge in [-0.2, -0.15) is 0 Å². The van der Waals surface area contributed by atoms with Crippen LogP contribution in [0.15, 0.2) is 47.4 Å². The molecule has 140 valence electrons. The lowest BCUT2D eigenvalue weighted by molar-refractivity contribution is -0.116. The van der Waals surface area contributed by atoms with Crippen LogP contribution in [0.5, 0.6) is 0 Å². The molecule has 0 aromatic heterocycles. The zero-order valence-electron chi connectivity index (χ0n) is 15.7. The molecule has 0 heterocycles. The standard InChI is InChI=1S/C20H26N2O3S/c1-14(2)22-26(24,25)19-10-6-17(7-11-19)8-12-20(23)21-18-9-5-15(3)16(4)13-18/h5-7,9-11,13-14,22H,8,12H2,1-4H3,(H,21,23). The Hall–Kier alpha value is -2.18. The van der Waals surface area contributed by atoms with Crippen LogP contribution in [0.4, 0.5) is 5.69 Å². The van der Waals surface area contributed by atoms with Gasteiger partial charge in [0.25, 0.3) is 0 Å². The van der Waals surface area contributed by atoms with Gasteiger partial charge >= 0.3 is 0 Å². The molecule has 1 amide bonds. The largest absolute Gasteiger partial charge is 0.326 e. The number of anilines is 1. The first-order chi connectivity index (χ1) is 12.2. The number of nitrogens with one attached hydrogen (secondary N) is 2. The van der Waals surface area contributed by atoms with Crippen molar-refractivity contribution in [3.05, 3.63) is 59.2 Å². The Bertz CT molecular complexity index is 872. The van der Waals surface area contributed by atoms with E-state index < -0.39 is 10.0 Å². The van der Waals surface area contributed by atoms with Gasteiger partial charge in [0, 0.05) is 18.2 Å². The third-order valence-electron chi connectivity index (χ3n) is 4.06. The molecule has 0 aliphatic carbocycles. The molecule has 0 saturated carbocycles. The molecule has 0 aliphatic heterocycles. The zero-order chi connectivity index (χ0) is 19.3. The summed E-state index contributed by atoms with van der Waals surface area (Å²) in [7, 11) is -3.49. The normalized spacial score (nSPS) is 11.6. The Morgan fingerprint density at radius 2 is 1.65 bits per heavy atom. The second kappa shape index (κ2) is 8.47. The maximum absolute atomic E-state index is 12.1. The van der Waals surface area contributed by atoms with Crippen molar-refractivity contribution in [1.82, 2.24) is 4.72 Å². The van der Waals surface area contributed by atoms with Crippen LogP contribution in [0, 0.1) is 13.8 Å². The Labute approximate surface area is 155 Å². The van der Waals surface area contributed by atoms with Gasteiger partial charge in [-0.15, -0.1) is 0 Å². The van der Waals surface area contributed by atoms with E-state index in [2.05, 4.69) is 10.0 Å². The molecule has 0 atom stereocenters. The molecule has 0 saturated heterocycles. The molecule has 26 heavy (non-hydrogen) atoms. The van der Waals surface area contributed by atoms with Gasteiger partial charge < -0.3 is 5.32 Å². The average Bonchev–Trinajstić information content (AvgIpc) is 2.55. The second-order valence-electron chi connectivity index (χ2n) is 6.77. The first-order valence-corrected chi connectivity index (χ1v) is 10.1. The van der Waals surface area contributed by atoms with E-state index in [-0.39, 0.29) is 16.8 Å². The van der Waals surface area contributed by atoms with Crippen molar-refractivity contribution in [2.24, 2.45) is 0 Å². The first-order valence-electron chi connectivity index (χ1n) is 8.66. The molecular weight excluding hydrogens is 348 g/mol. The number of benzene rings is 2. The molecule has 0 radical (unpaired) electrons. The summed E-state index contributed by atoms with van der Waals surface area (Å²) in [6.45, 7) is 7.59. The summed E-state index contributed by atoms with van der Waals surface area (Å²) < 4.78 is 26.7. The van der Waals surface area contributed by atoms with Crippen LogP contribution >= 0.6 is 0 Å². The molecule has 2 aromatic rings. The van der Waals surface area contributed by atoms with Gasteiger partial charge in [-0.1, -0.05) is 18.2 Å². The fourth-order valence-electron chi connectivity index (χ4n) is 2.51. The highest BCUT2D eigenvalue weighted by Crippen LogP contribution is 2.16. The summed E-state index contributed by atoms with van der Waals surface area (Å²) in [4.78, 5) is 12.3. The van der Waals surface area contributed by atoms with Gasteiger partial charge in [0.05, 0.1) is 4.90 Å². The van der Waals surface area contributed by atoms with Crippen LogP contribution in [0.3, 0.4) is 0 Å². The lowest BCUT2D eigenvalue weighted by atomic mass is 10.1. The molecule has 0 fully saturated rings. The van der Waals surface area contributed by atoms with E-state index in [0.29, 0.717) is 12.8 Å². The minimum atomic E-state index is -3.49. The smallest absolute Gasteiger partial charge is 0.240 e. The number of hydrogen-bond donors (Lipinski definition) is 2. The predicted octanol–water partition coefficient (Wildman–Crippen LogP) is 3.56. The molecule has 6 heteroatoms. The summed E-state index contributed by atoms with van der Waals surface area (Å²) in [6.07, 6.45) is 0.887. The van der Waals surface area contributed by atoms with Gasteiger partial charge in [0.15, 0.2) is 0 Å². The van der Waals surface area contributed by atoms with Gasteiger partial charge in [0.2, 0.25) is 15.9 Å². The van der Waals surface area contributed by atoms with Crippen molar-refractivity contribution >= 4 is 21.6 Å². The summed E-state index contributed by atoms with van der Waals surface area (Å²) >= 11 is 0. The number of hydrogen-bond acceptors (Lipinski definition) is 3. The molecule has 0 aliphatic rings. The van der Waals surface area contributed by atoms with Crippen molar-refractivity contribution in [2.75, 3.05) is 5.32 Å². The van der Waals surface area contributed by atoms with E-state index in [4.69, 9.17) is 0 Å². The quantitative estimate of drug-likeness (QED) is 0.778. The van der Waals surface area contributed by atoms with Crippen molar-refractivity contribution in [1.29, 1.82) is 0 Å². The lowest BCUT2D eigenvalue weighted by Crippen LogP contribution is -2.30. The van der Waals surface area contributed by atoms with Crippen molar-refractivity contribution in [2.45, 2.75) is 51.5 Å². The highest BCUT2D eigenvalue weighted by Gasteiger charge is 2.15. The number of carbonyl (C=O) groups is 1. The van der Waals surface area contributed by atoms with Crippen molar-refractivity contribution in [3.63, 3.8) is 0 Å². The van der Waals surface area contributed by atoms with Gasteiger partial charge in [0.1, 0.15) is 0 Å². The fourth-order valence-corrected chi connectivity index (χ4v) is 3.77. The number of carbonyl (C=O) groups excluding carboxylic acids is 1. The Morgan fingerprint density at radius 3 is 2.23 bits per heavy atom. The zero-order valence-corrected chi connectivity index (χ0v) is 16.5. The Balaban J connectivity index is 1.93. The summed E-state index contributed by atoms with van der Waals surface area (Å²) in [5.74, 6) is -0.0635. The monoisotopic (exact) mass is 374 g/mol. The molecule has 0 spiro atoms. The number of sulfonamides is 1. The van der Waals surface area contributed by atoms with E-state index in [1.807, 2.05) is 32.0 Å². The van der Waals surface area contributed by atoms with Crippen LogP contribution in [0.25, 0.3) is 0 Å². The van der Waals surface area contributed by atoms with Crippen LogP contribution < -0.4 is 10.0 Å². The van der Waals surface area contributed by atoms with Gasteiger partial charge in [-0.3, -0.25) is 4.79 Å². The van der Waals surface area contributed by atoms with E-state index >= 15 is 0 Å². The van der Waals surface area contributed by atoms with E-state index in [9.17, 15) is 13.2 Å². The lowest BCUT2D eigenvalue weighted by Gasteiger charge is -2.10. The van der Waals surface area contributed by atoms with Crippen molar-refractivity contribution in [3.8, 4) is 0 Å². The number of amides is 1. The Morgan fingerprint density at radius 1 is 1.00 bits per heavy atom. The molecule has 2 aromatic carbocycles. The number of aryl methyl sites for hydroxylation is 3. The topological polar surface area (TPSA) is 75.3 Å². The predicted molar refractivity (Wildman–Crippen MR) is 105 cm³/mol. The maximum Gasteiger partial charge on any atom is 0.240 e. The first kappa shape index (κ1) is 20.1. The minimum absolute atomic E-state index is 0.0635. The van der Waals surface area contributed by atoms with Crippen LogP contribution in [0.2, 0.25) is 0 Å². The summed E-state index contributed by atoms with van der Waals surface area (Å²) in [5, 5.41) is 2.89. The number of rotatable bonds is 7. The average molecular weight is 375 g/mol. The van der Waals surface area contributed by atoms with Crippen LogP contribution in [-0.2, 0) is 21.2 Å². The second-order valence-corrected chi connectivity index (χ2v) is 8.48. The molecule has 5 nitrogen and oxygen atoms in total. The molecular formula is C20H26N2O3S. The highest BCUT2D eigenvalue weighted by atomic mass is 32.2. The minimum Gasteiger partial charge on any atom is -0.326 e. The van der Waals surface area contributed by atoms with Crippen LogP contribution in [-0.4, -0.2) is 20.4 Å². The van der Waals surface area contributed by atoms with Crippen LogP contribution in [0.1, 0.15) is 37.0 Å². The Kier molecular flexibility index (Phi) is 6.56. The van der Waals surface area contributed by atoms with Gasteiger partial charge in [-0.05, 0) is 75.1 Å². The van der Waals surface area contributed by atoms with Gasteiger partial charge in [-0.25, -0.2) is 13.1 Å². The molecule has 2 rings (SSSR count). The molecule has 0 bridgehead atoms. The molecule has 0 unspecified atom stereocenters. The van der Waals surface area contributed by atoms with E-state index in [1.54, 1.807) is 38.1 Å². The summed E-state index contributed by atoms with van der Waals surface area (Å²) in [5.41, 5.74) is 4.03. The molecule has 2 N–H and O–H groups in total. The fraction of sp³-hybridized carbons (Fsp3) is 0.350. The summed E-state index contributed by atoms with van der Waals surface area (Å²) in [6, 6.07) is 12.3. The third kappa shape index (κ3) is 5.68.